The third-order valence-electron chi connectivity index (χ3n) is 4.96. The number of aliphatic hydroxyl groups excluding tert-OH is 1. The van der Waals surface area contributed by atoms with Gasteiger partial charge in [-0.05, 0) is 57.5 Å². The Morgan fingerprint density at radius 2 is 1.68 bits per heavy atom. The van der Waals surface area contributed by atoms with Crippen molar-refractivity contribution >= 4 is 0 Å². The topological polar surface area (TPSA) is 44.7 Å². The number of piperidine rings is 2. The lowest BCUT2D eigenvalue weighted by Gasteiger charge is -2.39. The van der Waals surface area contributed by atoms with E-state index in [4.69, 9.17) is 4.74 Å². The summed E-state index contributed by atoms with van der Waals surface area (Å²) in [4.78, 5) is 2.63. The molecule has 0 amide bonds. The van der Waals surface area contributed by atoms with Gasteiger partial charge in [-0.25, -0.2) is 0 Å². The molecule has 0 aromatic rings. The number of hydrogen-bond donors (Lipinski definition) is 2. The smallest absolute Gasteiger partial charge is 0.0628 e. The fourth-order valence-corrected chi connectivity index (χ4v) is 3.58. The molecule has 0 atom stereocenters. The molecule has 0 aromatic heterocycles. The lowest BCUT2D eigenvalue weighted by atomic mass is 9.91. The maximum Gasteiger partial charge on any atom is 0.0628 e. The van der Waals surface area contributed by atoms with Gasteiger partial charge in [0, 0.05) is 19.6 Å². The fourth-order valence-electron chi connectivity index (χ4n) is 3.58. The predicted molar refractivity (Wildman–Crippen MR) is 75.2 cm³/mol. The van der Waals surface area contributed by atoms with E-state index >= 15 is 0 Å². The van der Waals surface area contributed by atoms with Crippen LogP contribution in [0.15, 0.2) is 0 Å². The average molecular weight is 268 g/mol. The van der Waals surface area contributed by atoms with Gasteiger partial charge in [-0.3, -0.25) is 0 Å². The molecular weight excluding hydrogens is 240 g/mol. The minimum absolute atomic E-state index is 0.0926. The van der Waals surface area contributed by atoms with Crippen molar-refractivity contribution in [3.05, 3.63) is 0 Å². The molecule has 2 saturated heterocycles. The number of likely N-dealkylation sites (tertiary alicyclic amines) is 1. The zero-order valence-corrected chi connectivity index (χ0v) is 11.9. The minimum atomic E-state index is -0.0926. The van der Waals surface area contributed by atoms with Crippen molar-refractivity contribution < 1.29 is 9.84 Å². The molecule has 19 heavy (non-hydrogen) atoms. The van der Waals surface area contributed by atoms with Gasteiger partial charge >= 0.3 is 0 Å². The number of aliphatic hydroxyl groups is 1. The van der Waals surface area contributed by atoms with Gasteiger partial charge in [-0.1, -0.05) is 0 Å². The second kappa shape index (κ2) is 6.53. The van der Waals surface area contributed by atoms with Crippen LogP contribution in [0.1, 0.15) is 38.5 Å². The number of hydrogen-bond acceptors (Lipinski definition) is 4. The van der Waals surface area contributed by atoms with Crippen LogP contribution in [-0.2, 0) is 4.74 Å². The van der Waals surface area contributed by atoms with E-state index in [9.17, 15) is 5.11 Å². The molecular formula is C15H28N2O2. The van der Waals surface area contributed by atoms with Gasteiger partial charge in [0.05, 0.1) is 18.3 Å². The van der Waals surface area contributed by atoms with E-state index in [0.29, 0.717) is 12.2 Å². The van der Waals surface area contributed by atoms with E-state index < -0.39 is 0 Å². The van der Waals surface area contributed by atoms with Crippen molar-refractivity contribution in [3.63, 3.8) is 0 Å². The van der Waals surface area contributed by atoms with Crippen LogP contribution in [-0.4, -0.2) is 61.0 Å². The summed E-state index contributed by atoms with van der Waals surface area (Å²) in [6.45, 7) is 6.09. The number of rotatable bonds is 4. The quantitative estimate of drug-likeness (QED) is 0.798. The van der Waals surface area contributed by atoms with E-state index in [1.807, 2.05) is 0 Å². The molecule has 4 nitrogen and oxygen atoms in total. The highest BCUT2D eigenvalue weighted by molar-refractivity contribution is 4.83. The summed E-state index contributed by atoms with van der Waals surface area (Å²) in [5.74, 6) is 0.903. The van der Waals surface area contributed by atoms with Crippen LogP contribution in [0.4, 0.5) is 0 Å². The molecule has 0 bridgehead atoms. The molecule has 110 valence electrons. The summed E-state index contributed by atoms with van der Waals surface area (Å²) < 4.78 is 6.04. The molecule has 3 aliphatic rings. The normalized spacial score (nSPS) is 35.2. The molecule has 1 aliphatic carbocycles. The maximum atomic E-state index is 9.28. The third-order valence-corrected chi connectivity index (χ3v) is 4.96. The molecule has 4 heteroatoms. The standard InChI is InChI=1S/C15H28N2O2/c18-13-9-15(10-13)19-14-3-7-17(8-4-14)11-12-1-5-16-6-2-12/h12-16,18H,1-11H2. The van der Waals surface area contributed by atoms with Gasteiger partial charge in [0.1, 0.15) is 0 Å². The summed E-state index contributed by atoms with van der Waals surface area (Å²) in [6, 6.07) is 0. The first kappa shape index (κ1) is 13.8. The van der Waals surface area contributed by atoms with Gasteiger partial charge in [0.15, 0.2) is 0 Å². The minimum Gasteiger partial charge on any atom is -0.393 e. The Kier molecular flexibility index (Phi) is 4.74. The highest BCUT2D eigenvalue weighted by atomic mass is 16.5. The first-order valence-corrected chi connectivity index (χ1v) is 8.06. The van der Waals surface area contributed by atoms with E-state index in [0.717, 1.165) is 18.8 Å². The van der Waals surface area contributed by atoms with Crippen molar-refractivity contribution in [2.45, 2.75) is 56.8 Å². The SMILES string of the molecule is OC1CC(OC2CCN(CC3CCNCC3)CC2)C1. The fraction of sp³-hybridized carbons (Fsp3) is 1.00. The van der Waals surface area contributed by atoms with E-state index in [1.165, 1.54) is 58.4 Å². The molecule has 2 aliphatic heterocycles. The second-order valence-corrected chi connectivity index (χ2v) is 6.58. The average Bonchev–Trinajstić information content (AvgIpc) is 2.40. The molecule has 0 radical (unpaired) electrons. The van der Waals surface area contributed by atoms with Crippen LogP contribution >= 0.6 is 0 Å². The summed E-state index contributed by atoms with van der Waals surface area (Å²) >= 11 is 0. The Balaban J connectivity index is 1.32. The van der Waals surface area contributed by atoms with E-state index in [2.05, 4.69) is 10.2 Å². The lowest BCUT2D eigenvalue weighted by molar-refractivity contribution is -0.117. The van der Waals surface area contributed by atoms with Crippen molar-refractivity contribution in [3.8, 4) is 0 Å². The maximum absolute atomic E-state index is 9.28. The van der Waals surface area contributed by atoms with E-state index in [1.54, 1.807) is 0 Å². The van der Waals surface area contributed by atoms with Crippen molar-refractivity contribution in [1.29, 1.82) is 0 Å². The molecule has 0 spiro atoms. The van der Waals surface area contributed by atoms with Gasteiger partial charge in [-0.15, -0.1) is 0 Å². The molecule has 1 saturated carbocycles. The zero-order chi connectivity index (χ0) is 13.1. The molecule has 2 N–H and O–H groups in total. The van der Waals surface area contributed by atoms with Crippen molar-refractivity contribution in [2.75, 3.05) is 32.7 Å². The molecule has 3 fully saturated rings. The van der Waals surface area contributed by atoms with Gasteiger partial charge in [-0.2, -0.15) is 0 Å². The van der Waals surface area contributed by atoms with Gasteiger partial charge in [0.25, 0.3) is 0 Å². The van der Waals surface area contributed by atoms with E-state index in [-0.39, 0.29) is 6.10 Å². The Labute approximate surface area is 116 Å². The summed E-state index contributed by atoms with van der Waals surface area (Å²) in [5, 5.41) is 12.7. The van der Waals surface area contributed by atoms with Crippen LogP contribution in [0.3, 0.4) is 0 Å². The zero-order valence-electron chi connectivity index (χ0n) is 11.9. The van der Waals surface area contributed by atoms with Gasteiger partial charge < -0.3 is 20.1 Å². The first-order valence-electron chi connectivity index (χ1n) is 8.06. The molecule has 0 aromatic carbocycles. The van der Waals surface area contributed by atoms with Crippen LogP contribution in [0.5, 0.6) is 0 Å². The Hall–Kier alpha value is -0.160. The summed E-state index contributed by atoms with van der Waals surface area (Å²) in [6.07, 6.45) is 7.45. The van der Waals surface area contributed by atoms with Crippen LogP contribution < -0.4 is 5.32 Å². The van der Waals surface area contributed by atoms with Gasteiger partial charge in [0.2, 0.25) is 0 Å². The monoisotopic (exact) mass is 268 g/mol. The Bertz CT molecular complexity index is 267. The van der Waals surface area contributed by atoms with Crippen LogP contribution in [0.2, 0.25) is 0 Å². The summed E-state index contributed by atoms with van der Waals surface area (Å²) in [7, 11) is 0. The summed E-state index contributed by atoms with van der Waals surface area (Å²) in [5.41, 5.74) is 0. The second-order valence-electron chi connectivity index (χ2n) is 6.58. The van der Waals surface area contributed by atoms with Crippen LogP contribution in [0.25, 0.3) is 0 Å². The Morgan fingerprint density at radius 1 is 1.00 bits per heavy atom. The predicted octanol–water partition coefficient (Wildman–Crippen LogP) is 0.990. The molecule has 0 unspecified atom stereocenters. The lowest BCUT2D eigenvalue weighted by Crippen LogP contribution is -2.44. The Morgan fingerprint density at radius 3 is 2.32 bits per heavy atom. The highest BCUT2D eigenvalue weighted by Gasteiger charge is 2.31. The number of ether oxygens (including phenoxy) is 1. The third kappa shape index (κ3) is 3.91. The van der Waals surface area contributed by atoms with Crippen molar-refractivity contribution in [2.24, 2.45) is 5.92 Å². The number of nitrogens with one attached hydrogen (secondary N) is 1. The largest absolute Gasteiger partial charge is 0.393 e. The molecule has 3 rings (SSSR count). The van der Waals surface area contributed by atoms with Crippen molar-refractivity contribution in [1.82, 2.24) is 10.2 Å². The number of nitrogens with zero attached hydrogens (tertiary/aromatic N) is 1. The highest BCUT2D eigenvalue weighted by Crippen LogP contribution is 2.27. The van der Waals surface area contributed by atoms with Crippen LogP contribution in [0, 0.1) is 5.92 Å². The molecule has 2 heterocycles. The first-order chi connectivity index (χ1) is 9.29.